The number of hydrogen-bond donors (Lipinski definition) is 2. The number of sulfonamides is 1. The number of ether oxygens (including phenoxy) is 1. The van der Waals surface area contributed by atoms with Gasteiger partial charge < -0.3 is 10.5 Å². The molecule has 0 saturated carbocycles. The first-order valence-corrected chi connectivity index (χ1v) is 7.91. The molecule has 0 unspecified atom stereocenters. The van der Waals surface area contributed by atoms with Gasteiger partial charge in [0.15, 0.2) is 0 Å². The summed E-state index contributed by atoms with van der Waals surface area (Å²) in [7, 11) is -3.47. The van der Waals surface area contributed by atoms with E-state index < -0.39 is 10.0 Å². The van der Waals surface area contributed by atoms with Gasteiger partial charge in [-0.15, -0.1) is 0 Å². The van der Waals surface area contributed by atoms with E-state index in [0.29, 0.717) is 19.8 Å². The average Bonchev–Trinajstić information content (AvgIpc) is 2.39. The highest BCUT2D eigenvalue weighted by atomic mass is 32.2. The molecule has 0 aromatic heterocycles. The van der Waals surface area contributed by atoms with Crippen molar-refractivity contribution in [2.45, 2.75) is 37.2 Å². The van der Waals surface area contributed by atoms with Crippen molar-refractivity contribution in [1.29, 1.82) is 0 Å². The van der Waals surface area contributed by atoms with Gasteiger partial charge in [-0.3, -0.25) is 0 Å². The monoisotopic (exact) mass is 284 g/mol. The molecule has 0 spiro atoms. The quantitative estimate of drug-likeness (QED) is 0.861. The van der Waals surface area contributed by atoms with Gasteiger partial charge in [0, 0.05) is 25.8 Å². The van der Waals surface area contributed by atoms with E-state index in [9.17, 15) is 8.42 Å². The van der Waals surface area contributed by atoms with Crippen LogP contribution in [0.5, 0.6) is 0 Å². The molecule has 0 atom stereocenters. The van der Waals surface area contributed by atoms with Gasteiger partial charge in [0.05, 0.1) is 4.90 Å². The van der Waals surface area contributed by atoms with E-state index in [-0.39, 0.29) is 10.9 Å². The Morgan fingerprint density at radius 2 is 2.05 bits per heavy atom. The van der Waals surface area contributed by atoms with Crippen LogP contribution in [0.15, 0.2) is 23.1 Å². The Labute approximate surface area is 114 Å². The first-order valence-electron chi connectivity index (χ1n) is 6.42. The SMILES string of the molecule is Cc1ccc(S(=O)(=O)NC2CCOCC2)cc1CN. The van der Waals surface area contributed by atoms with Crippen LogP contribution in [0.4, 0.5) is 0 Å². The van der Waals surface area contributed by atoms with Crippen LogP contribution in [-0.2, 0) is 21.3 Å². The Hall–Kier alpha value is -0.950. The summed E-state index contributed by atoms with van der Waals surface area (Å²) in [4.78, 5) is 0.282. The van der Waals surface area contributed by atoms with Crippen molar-refractivity contribution in [3.63, 3.8) is 0 Å². The van der Waals surface area contributed by atoms with E-state index in [4.69, 9.17) is 10.5 Å². The van der Waals surface area contributed by atoms with Crippen molar-refractivity contribution in [1.82, 2.24) is 4.72 Å². The minimum absolute atomic E-state index is 0.0404. The van der Waals surface area contributed by atoms with Crippen molar-refractivity contribution in [2.24, 2.45) is 5.73 Å². The molecule has 0 radical (unpaired) electrons. The van der Waals surface area contributed by atoms with Crippen LogP contribution in [0, 0.1) is 6.92 Å². The van der Waals surface area contributed by atoms with Gasteiger partial charge >= 0.3 is 0 Å². The van der Waals surface area contributed by atoms with Gasteiger partial charge in [0.25, 0.3) is 0 Å². The van der Waals surface area contributed by atoms with E-state index in [1.54, 1.807) is 18.2 Å². The maximum absolute atomic E-state index is 12.3. The van der Waals surface area contributed by atoms with Crippen molar-refractivity contribution < 1.29 is 13.2 Å². The normalized spacial score (nSPS) is 17.6. The van der Waals surface area contributed by atoms with Crippen LogP contribution in [0.2, 0.25) is 0 Å². The summed E-state index contributed by atoms with van der Waals surface area (Å²) in [5.41, 5.74) is 7.48. The zero-order valence-corrected chi connectivity index (χ0v) is 11.9. The molecule has 2 rings (SSSR count). The zero-order chi connectivity index (χ0) is 13.9. The molecule has 0 amide bonds. The second-order valence-electron chi connectivity index (χ2n) is 4.80. The fourth-order valence-corrected chi connectivity index (χ4v) is 3.49. The second-order valence-corrected chi connectivity index (χ2v) is 6.51. The molecule has 1 aliphatic heterocycles. The molecule has 1 aromatic rings. The lowest BCUT2D eigenvalue weighted by atomic mass is 10.1. The van der Waals surface area contributed by atoms with E-state index in [2.05, 4.69) is 4.72 Å². The van der Waals surface area contributed by atoms with E-state index in [0.717, 1.165) is 24.0 Å². The smallest absolute Gasteiger partial charge is 0.240 e. The van der Waals surface area contributed by atoms with Crippen molar-refractivity contribution in [3.05, 3.63) is 29.3 Å². The third-order valence-electron chi connectivity index (χ3n) is 3.39. The Morgan fingerprint density at radius 3 is 2.68 bits per heavy atom. The van der Waals surface area contributed by atoms with E-state index >= 15 is 0 Å². The number of benzene rings is 1. The third kappa shape index (κ3) is 3.54. The summed E-state index contributed by atoms with van der Waals surface area (Å²) >= 11 is 0. The molecule has 106 valence electrons. The maximum Gasteiger partial charge on any atom is 0.240 e. The molecule has 0 bridgehead atoms. The second kappa shape index (κ2) is 6.00. The summed E-state index contributed by atoms with van der Waals surface area (Å²) in [5.74, 6) is 0. The molecule has 19 heavy (non-hydrogen) atoms. The first kappa shape index (κ1) is 14.5. The van der Waals surface area contributed by atoms with Crippen molar-refractivity contribution in [3.8, 4) is 0 Å². The lowest BCUT2D eigenvalue weighted by Crippen LogP contribution is -2.38. The molecule has 3 N–H and O–H groups in total. The molecule has 6 heteroatoms. The highest BCUT2D eigenvalue weighted by molar-refractivity contribution is 7.89. The largest absolute Gasteiger partial charge is 0.381 e. The summed E-state index contributed by atoms with van der Waals surface area (Å²) in [6.07, 6.45) is 1.43. The van der Waals surface area contributed by atoms with Gasteiger partial charge in [-0.2, -0.15) is 0 Å². The van der Waals surface area contributed by atoms with Crippen molar-refractivity contribution >= 4 is 10.0 Å². The van der Waals surface area contributed by atoms with Crippen LogP contribution in [0.25, 0.3) is 0 Å². The molecule has 1 aliphatic rings. The topological polar surface area (TPSA) is 81.4 Å². The predicted octanol–water partition coefficient (Wildman–Crippen LogP) is 0.911. The van der Waals surface area contributed by atoms with Crippen LogP contribution < -0.4 is 10.5 Å². The highest BCUT2D eigenvalue weighted by Gasteiger charge is 2.22. The fraction of sp³-hybridized carbons (Fsp3) is 0.538. The summed E-state index contributed by atoms with van der Waals surface area (Å²) < 4.78 is 32.5. The minimum Gasteiger partial charge on any atom is -0.381 e. The third-order valence-corrected chi connectivity index (χ3v) is 4.91. The number of nitrogens with two attached hydrogens (primary N) is 1. The minimum atomic E-state index is -3.47. The molecule has 1 saturated heterocycles. The van der Waals surface area contributed by atoms with Crippen LogP contribution in [-0.4, -0.2) is 27.7 Å². The molecule has 0 aliphatic carbocycles. The Bertz CT molecular complexity index is 537. The summed E-state index contributed by atoms with van der Waals surface area (Å²) in [5, 5.41) is 0. The summed E-state index contributed by atoms with van der Waals surface area (Å²) in [6.45, 7) is 3.47. The lowest BCUT2D eigenvalue weighted by molar-refractivity contribution is 0.0832. The molecule has 1 aromatic carbocycles. The molecule has 1 heterocycles. The predicted molar refractivity (Wildman–Crippen MR) is 73.2 cm³/mol. The number of rotatable bonds is 4. The van der Waals surface area contributed by atoms with Gasteiger partial charge in [-0.1, -0.05) is 6.07 Å². The summed E-state index contributed by atoms with van der Waals surface area (Å²) in [6, 6.07) is 5.02. The van der Waals surface area contributed by atoms with Crippen molar-refractivity contribution in [2.75, 3.05) is 13.2 Å². The molecule has 1 fully saturated rings. The standard InChI is InChI=1S/C13H20N2O3S/c1-10-2-3-13(8-11(10)9-14)19(16,17)15-12-4-6-18-7-5-12/h2-3,8,12,15H,4-7,9,14H2,1H3. The first-order chi connectivity index (χ1) is 9.03. The van der Waals surface area contributed by atoms with Crippen LogP contribution >= 0.6 is 0 Å². The number of nitrogens with one attached hydrogen (secondary N) is 1. The Balaban J connectivity index is 2.18. The van der Waals surface area contributed by atoms with Gasteiger partial charge in [-0.05, 0) is 43.0 Å². The van der Waals surface area contributed by atoms with Gasteiger partial charge in [-0.25, -0.2) is 13.1 Å². The molecular weight excluding hydrogens is 264 g/mol. The van der Waals surface area contributed by atoms with Crippen LogP contribution in [0.3, 0.4) is 0 Å². The highest BCUT2D eigenvalue weighted by Crippen LogP contribution is 2.17. The number of aryl methyl sites for hydroxylation is 1. The Morgan fingerprint density at radius 1 is 1.37 bits per heavy atom. The van der Waals surface area contributed by atoms with Gasteiger partial charge in [0.2, 0.25) is 10.0 Å². The fourth-order valence-electron chi connectivity index (χ4n) is 2.14. The Kier molecular flexibility index (Phi) is 4.57. The molecule has 5 nitrogen and oxygen atoms in total. The average molecular weight is 284 g/mol. The molecular formula is C13H20N2O3S. The maximum atomic E-state index is 12.3. The van der Waals surface area contributed by atoms with E-state index in [1.165, 1.54) is 0 Å². The zero-order valence-electron chi connectivity index (χ0n) is 11.1. The lowest BCUT2D eigenvalue weighted by Gasteiger charge is -2.23. The number of hydrogen-bond acceptors (Lipinski definition) is 4. The van der Waals surface area contributed by atoms with Crippen LogP contribution in [0.1, 0.15) is 24.0 Å². The van der Waals surface area contributed by atoms with Gasteiger partial charge in [0.1, 0.15) is 0 Å². The van der Waals surface area contributed by atoms with E-state index in [1.807, 2.05) is 6.92 Å².